The summed E-state index contributed by atoms with van der Waals surface area (Å²) in [5.41, 5.74) is 12.0. The van der Waals surface area contributed by atoms with Crippen LogP contribution in [0.2, 0.25) is 5.02 Å². The lowest BCUT2D eigenvalue weighted by Gasteiger charge is -2.15. The maximum absolute atomic E-state index is 11.0. The van der Waals surface area contributed by atoms with E-state index in [4.69, 9.17) is 45.4 Å². The standard InChI is InChI=1S/C16H16ClN5O3S2/c17-11-1-3-14(10(5-11)8-27-15(18)19)25-13-4-2-12(22(23)24)6-9(13)7-21-16(20)26/h1-6H,7-8H2,(H3,18,19)(H3,20,21,26). The van der Waals surface area contributed by atoms with Crippen LogP contribution < -0.4 is 21.5 Å². The summed E-state index contributed by atoms with van der Waals surface area (Å²) in [6, 6.07) is 9.30. The van der Waals surface area contributed by atoms with E-state index >= 15 is 0 Å². The summed E-state index contributed by atoms with van der Waals surface area (Å²) < 4.78 is 5.97. The fraction of sp³-hybridized carbons (Fsp3) is 0.125. The first-order valence-electron chi connectivity index (χ1n) is 7.50. The Morgan fingerprint density at radius 2 is 1.93 bits per heavy atom. The van der Waals surface area contributed by atoms with Crippen LogP contribution in [0.25, 0.3) is 0 Å². The molecule has 0 fully saturated rings. The fourth-order valence-corrected chi connectivity index (χ4v) is 2.94. The van der Waals surface area contributed by atoms with Gasteiger partial charge < -0.3 is 21.5 Å². The number of amidine groups is 1. The van der Waals surface area contributed by atoms with E-state index in [1.165, 1.54) is 18.2 Å². The largest absolute Gasteiger partial charge is 0.457 e. The van der Waals surface area contributed by atoms with Crippen LogP contribution in [-0.4, -0.2) is 15.2 Å². The van der Waals surface area contributed by atoms with Crippen molar-refractivity contribution in [3.63, 3.8) is 0 Å². The molecule has 0 radical (unpaired) electrons. The van der Waals surface area contributed by atoms with E-state index in [1.54, 1.807) is 18.2 Å². The number of hydrogen-bond acceptors (Lipinski definition) is 6. The maximum atomic E-state index is 11.0. The van der Waals surface area contributed by atoms with Crippen molar-refractivity contribution < 1.29 is 9.66 Å². The van der Waals surface area contributed by atoms with Crippen molar-refractivity contribution >= 4 is 51.5 Å². The molecule has 0 aromatic heterocycles. The van der Waals surface area contributed by atoms with Crippen molar-refractivity contribution in [1.29, 1.82) is 5.41 Å². The minimum Gasteiger partial charge on any atom is -0.457 e. The minimum atomic E-state index is -0.495. The number of nitro groups is 1. The topological polar surface area (TPSA) is 140 Å². The van der Waals surface area contributed by atoms with Crippen molar-refractivity contribution in [3.8, 4) is 11.5 Å². The molecule has 2 aromatic rings. The second kappa shape index (κ2) is 9.40. The molecule has 0 amide bonds. The fourth-order valence-electron chi connectivity index (χ4n) is 2.13. The van der Waals surface area contributed by atoms with Gasteiger partial charge in [0.05, 0.1) is 4.92 Å². The first kappa shape index (κ1) is 20.7. The van der Waals surface area contributed by atoms with Crippen molar-refractivity contribution in [2.24, 2.45) is 11.5 Å². The molecule has 0 spiro atoms. The summed E-state index contributed by atoms with van der Waals surface area (Å²) in [6.07, 6.45) is 0. The predicted molar refractivity (Wildman–Crippen MR) is 111 cm³/mol. The number of nitrogens with zero attached hydrogens (tertiary/aromatic N) is 1. The van der Waals surface area contributed by atoms with Crippen LogP contribution in [0.3, 0.4) is 0 Å². The Labute approximate surface area is 169 Å². The molecule has 0 saturated carbocycles. The van der Waals surface area contributed by atoms with Gasteiger partial charge >= 0.3 is 0 Å². The lowest BCUT2D eigenvalue weighted by molar-refractivity contribution is -0.384. The molecule has 27 heavy (non-hydrogen) atoms. The van der Waals surface area contributed by atoms with Crippen LogP contribution in [0.1, 0.15) is 11.1 Å². The van der Waals surface area contributed by atoms with Gasteiger partial charge in [-0.05, 0) is 36.5 Å². The van der Waals surface area contributed by atoms with Crippen molar-refractivity contribution in [2.45, 2.75) is 12.3 Å². The van der Waals surface area contributed by atoms with Gasteiger partial charge in [-0.2, -0.15) is 0 Å². The SMILES string of the molecule is N=C(N)SCc1cc(Cl)ccc1Oc1ccc([N+](=O)[O-])cc1CNC(N)=S. The van der Waals surface area contributed by atoms with Gasteiger partial charge in [0.15, 0.2) is 10.3 Å². The van der Waals surface area contributed by atoms with E-state index in [2.05, 4.69) is 5.32 Å². The Morgan fingerprint density at radius 3 is 2.56 bits per heavy atom. The summed E-state index contributed by atoms with van der Waals surface area (Å²) in [6.45, 7) is 0.164. The molecule has 0 unspecified atom stereocenters. The van der Waals surface area contributed by atoms with Gasteiger partial charge in [-0.1, -0.05) is 23.4 Å². The van der Waals surface area contributed by atoms with E-state index in [0.717, 1.165) is 17.3 Å². The van der Waals surface area contributed by atoms with Gasteiger partial charge in [0.25, 0.3) is 5.69 Å². The molecule has 0 aliphatic rings. The quantitative estimate of drug-likeness (QED) is 0.174. The molecule has 8 nitrogen and oxygen atoms in total. The first-order chi connectivity index (χ1) is 12.8. The molecule has 0 bridgehead atoms. The van der Waals surface area contributed by atoms with E-state index in [9.17, 15) is 10.1 Å². The Kier molecular flexibility index (Phi) is 7.22. The number of nitro benzene ring substituents is 1. The molecule has 0 heterocycles. The Hall–Kier alpha value is -2.56. The highest BCUT2D eigenvalue weighted by atomic mass is 35.5. The van der Waals surface area contributed by atoms with Gasteiger partial charge in [0.2, 0.25) is 0 Å². The van der Waals surface area contributed by atoms with E-state index < -0.39 is 4.92 Å². The summed E-state index contributed by atoms with van der Waals surface area (Å²) in [4.78, 5) is 10.6. The third-order valence-electron chi connectivity index (χ3n) is 3.33. The van der Waals surface area contributed by atoms with Gasteiger partial charge in [-0.15, -0.1) is 0 Å². The van der Waals surface area contributed by atoms with Crippen LogP contribution in [0.5, 0.6) is 11.5 Å². The van der Waals surface area contributed by atoms with E-state index in [1.807, 2.05) is 0 Å². The molecular weight excluding hydrogens is 410 g/mol. The van der Waals surface area contributed by atoms with Gasteiger partial charge in [0, 0.05) is 40.6 Å². The predicted octanol–water partition coefficient (Wildman–Crippen LogP) is 3.50. The van der Waals surface area contributed by atoms with Crippen LogP contribution >= 0.6 is 35.6 Å². The number of benzene rings is 2. The zero-order chi connectivity index (χ0) is 20.0. The smallest absolute Gasteiger partial charge is 0.270 e. The average molecular weight is 426 g/mol. The number of hydrogen-bond donors (Lipinski definition) is 4. The molecule has 0 saturated heterocycles. The Morgan fingerprint density at radius 1 is 1.26 bits per heavy atom. The number of ether oxygens (including phenoxy) is 1. The zero-order valence-electron chi connectivity index (χ0n) is 13.9. The summed E-state index contributed by atoms with van der Waals surface area (Å²) in [5.74, 6) is 1.29. The molecule has 0 aliphatic heterocycles. The molecule has 142 valence electrons. The molecule has 0 aliphatic carbocycles. The monoisotopic (exact) mass is 425 g/mol. The summed E-state index contributed by atoms with van der Waals surface area (Å²) in [7, 11) is 0. The lowest BCUT2D eigenvalue weighted by Crippen LogP contribution is -2.28. The maximum Gasteiger partial charge on any atom is 0.270 e. The molecule has 2 rings (SSSR count). The third-order valence-corrected chi connectivity index (χ3v) is 4.48. The number of rotatable bonds is 7. The Bertz CT molecular complexity index is 894. The normalized spacial score (nSPS) is 10.3. The van der Waals surface area contributed by atoms with Crippen LogP contribution in [0.15, 0.2) is 36.4 Å². The molecule has 11 heteroatoms. The summed E-state index contributed by atoms with van der Waals surface area (Å²) in [5, 5.41) is 21.7. The zero-order valence-corrected chi connectivity index (χ0v) is 16.3. The van der Waals surface area contributed by atoms with Crippen LogP contribution in [0.4, 0.5) is 5.69 Å². The lowest BCUT2D eigenvalue weighted by atomic mass is 10.1. The first-order valence-corrected chi connectivity index (χ1v) is 9.27. The Balaban J connectivity index is 2.36. The highest BCUT2D eigenvalue weighted by molar-refractivity contribution is 8.13. The highest BCUT2D eigenvalue weighted by Crippen LogP contribution is 2.33. The van der Waals surface area contributed by atoms with Crippen molar-refractivity contribution in [1.82, 2.24) is 5.32 Å². The van der Waals surface area contributed by atoms with Crippen molar-refractivity contribution in [3.05, 3.63) is 62.7 Å². The third kappa shape index (κ3) is 6.27. The molecule has 0 atom stereocenters. The van der Waals surface area contributed by atoms with Crippen LogP contribution in [-0.2, 0) is 12.3 Å². The number of halogens is 1. The average Bonchev–Trinajstić information content (AvgIpc) is 2.60. The van der Waals surface area contributed by atoms with Crippen molar-refractivity contribution in [2.75, 3.05) is 0 Å². The number of non-ortho nitro benzene ring substituents is 1. The second-order valence-corrected chi connectivity index (χ2v) is 7.17. The second-order valence-electron chi connectivity index (χ2n) is 5.27. The van der Waals surface area contributed by atoms with Gasteiger partial charge in [0.1, 0.15) is 11.5 Å². The minimum absolute atomic E-state index is 0.0300. The van der Waals surface area contributed by atoms with Gasteiger partial charge in [-0.25, -0.2) is 0 Å². The molecule has 6 N–H and O–H groups in total. The number of thiocarbonyl (C=S) groups is 1. The van der Waals surface area contributed by atoms with E-state index in [0.29, 0.717) is 27.8 Å². The highest BCUT2D eigenvalue weighted by Gasteiger charge is 2.15. The summed E-state index contributed by atoms with van der Waals surface area (Å²) >= 11 is 12.0. The molecule has 2 aromatic carbocycles. The van der Waals surface area contributed by atoms with Gasteiger partial charge in [-0.3, -0.25) is 15.5 Å². The number of thioether (sulfide) groups is 1. The number of nitrogens with one attached hydrogen (secondary N) is 2. The van der Waals surface area contributed by atoms with E-state index in [-0.39, 0.29) is 22.5 Å². The molecular formula is C16H16ClN5O3S2. The van der Waals surface area contributed by atoms with Crippen LogP contribution in [0, 0.1) is 15.5 Å². The number of nitrogens with two attached hydrogens (primary N) is 2.